The smallest absolute Gasteiger partial charge is 0.413 e. The maximum Gasteiger partial charge on any atom is 0.413 e. The molecule has 1 amide bonds. The molecule has 2 N–H and O–H groups in total. The fourth-order valence-corrected chi connectivity index (χ4v) is 1.37. The number of pyridine rings is 1. The van der Waals surface area contributed by atoms with E-state index in [1.165, 1.54) is 0 Å². The van der Waals surface area contributed by atoms with Gasteiger partial charge in [-0.3, -0.25) is 10.1 Å². The van der Waals surface area contributed by atoms with Crippen molar-refractivity contribution < 1.29 is 9.53 Å². The fourth-order valence-electron chi connectivity index (χ4n) is 1.15. The molecule has 0 unspecified atom stereocenters. The zero-order valence-electron chi connectivity index (χ0n) is 10.2. The Bertz CT molecular complexity index is 488. The Morgan fingerprint density at radius 3 is 2.53 bits per heavy atom. The van der Waals surface area contributed by atoms with Crippen molar-refractivity contribution in [2.75, 3.05) is 5.32 Å². The van der Waals surface area contributed by atoms with Crippen LogP contribution in [0.1, 0.15) is 26.3 Å². The van der Waals surface area contributed by atoms with E-state index in [2.05, 4.69) is 26.2 Å². The van der Waals surface area contributed by atoms with Crippen LogP contribution in [-0.4, -0.2) is 16.7 Å². The van der Waals surface area contributed by atoms with Crippen molar-refractivity contribution in [3.8, 4) is 0 Å². The summed E-state index contributed by atoms with van der Waals surface area (Å²) in [7, 11) is 0. The molecule has 0 atom stereocenters. The Morgan fingerprint density at radius 1 is 1.47 bits per heavy atom. The average molecular weight is 303 g/mol. The van der Waals surface area contributed by atoms with Gasteiger partial charge in [-0.2, -0.15) is 0 Å². The minimum absolute atomic E-state index is 0.295. The van der Waals surface area contributed by atoms with E-state index in [4.69, 9.17) is 4.74 Å². The van der Waals surface area contributed by atoms with Crippen molar-refractivity contribution in [3.63, 3.8) is 0 Å². The highest BCUT2D eigenvalue weighted by Crippen LogP contribution is 2.14. The van der Waals surface area contributed by atoms with Crippen LogP contribution in [0.15, 0.2) is 15.3 Å². The summed E-state index contributed by atoms with van der Waals surface area (Å²) in [4.78, 5) is 25.4. The third-order valence-electron chi connectivity index (χ3n) is 1.79. The fraction of sp³-hybridized carbons (Fsp3) is 0.455. The molecule has 0 aliphatic carbocycles. The lowest BCUT2D eigenvalue weighted by molar-refractivity contribution is 0.0635. The van der Waals surface area contributed by atoms with Gasteiger partial charge in [0, 0.05) is 0 Å². The molecule has 0 radical (unpaired) electrons. The highest BCUT2D eigenvalue weighted by molar-refractivity contribution is 9.10. The number of halogens is 1. The first-order valence-corrected chi connectivity index (χ1v) is 5.88. The number of hydrogen-bond acceptors (Lipinski definition) is 3. The molecule has 17 heavy (non-hydrogen) atoms. The summed E-state index contributed by atoms with van der Waals surface area (Å²) in [6, 6.07) is 1.65. The van der Waals surface area contributed by atoms with Gasteiger partial charge in [0.05, 0.1) is 4.47 Å². The molecule has 0 bridgehead atoms. The molecule has 1 aromatic rings. The number of anilines is 1. The number of ether oxygens (including phenoxy) is 1. The number of aromatic nitrogens is 1. The number of aryl methyl sites for hydroxylation is 1. The van der Waals surface area contributed by atoms with Gasteiger partial charge in [0.15, 0.2) is 0 Å². The van der Waals surface area contributed by atoms with Crippen molar-refractivity contribution in [2.24, 2.45) is 0 Å². The maximum atomic E-state index is 11.5. The SMILES string of the molecule is Cc1cc(NC(=O)OC(C)(C)C)[nH]c(=O)c1Br. The molecule has 0 fully saturated rings. The van der Waals surface area contributed by atoms with Crippen LogP contribution in [0, 0.1) is 6.92 Å². The van der Waals surface area contributed by atoms with E-state index in [0.717, 1.165) is 5.56 Å². The number of carbonyl (C=O) groups excluding carboxylic acids is 1. The monoisotopic (exact) mass is 302 g/mol. The molecule has 94 valence electrons. The van der Waals surface area contributed by atoms with E-state index >= 15 is 0 Å². The predicted octanol–water partition coefficient (Wildman–Crippen LogP) is 2.79. The van der Waals surface area contributed by atoms with Crippen LogP contribution in [-0.2, 0) is 4.74 Å². The van der Waals surface area contributed by atoms with Crippen molar-refractivity contribution in [1.29, 1.82) is 0 Å². The highest BCUT2D eigenvalue weighted by Gasteiger charge is 2.16. The van der Waals surface area contributed by atoms with E-state index < -0.39 is 11.7 Å². The molecule has 1 aromatic heterocycles. The van der Waals surface area contributed by atoms with E-state index in [0.29, 0.717) is 10.3 Å². The number of nitrogens with one attached hydrogen (secondary N) is 2. The summed E-state index contributed by atoms with van der Waals surface area (Å²) in [6.45, 7) is 7.06. The second kappa shape index (κ2) is 4.91. The number of hydrogen-bond donors (Lipinski definition) is 2. The molecule has 0 aromatic carbocycles. The maximum absolute atomic E-state index is 11.5. The van der Waals surface area contributed by atoms with E-state index in [1.54, 1.807) is 33.8 Å². The van der Waals surface area contributed by atoms with Gasteiger partial charge in [-0.1, -0.05) is 0 Å². The lowest BCUT2D eigenvalue weighted by Crippen LogP contribution is -2.28. The van der Waals surface area contributed by atoms with Crippen molar-refractivity contribution in [2.45, 2.75) is 33.3 Å². The summed E-state index contributed by atoms with van der Waals surface area (Å²) in [5.74, 6) is 0.310. The molecule has 0 saturated heterocycles. The number of amides is 1. The number of carbonyl (C=O) groups is 1. The third-order valence-corrected chi connectivity index (χ3v) is 2.78. The van der Waals surface area contributed by atoms with E-state index in [9.17, 15) is 9.59 Å². The van der Waals surface area contributed by atoms with Crippen molar-refractivity contribution >= 4 is 27.8 Å². The normalized spacial score (nSPS) is 11.1. The van der Waals surface area contributed by atoms with Gasteiger partial charge < -0.3 is 9.72 Å². The Kier molecular flexibility index (Phi) is 3.98. The number of H-pyrrole nitrogens is 1. The summed E-state index contributed by atoms with van der Waals surface area (Å²) in [5, 5.41) is 2.47. The number of rotatable bonds is 1. The first-order valence-electron chi connectivity index (χ1n) is 5.08. The average Bonchev–Trinajstić information content (AvgIpc) is 2.10. The van der Waals surface area contributed by atoms with Gasteiger partial charge >= 0.3 is 6.09 Å². The molecule has 1 rings (SSSR count). The van der Waals surface area contributed by atoms with Crippen LogP contribution in [0.5, 0.6) is 0 Å². The van der Waals surface area contributed by atoms with E-state index in [-0.39, 0.29) is 5.56 Å². The molecule has 6 heteroatoms. The molecule has 0 saturated carbocycles. The van der Waals surface area contributed by atoms with Gasteiger partial charge in [-0.05, 0) is 55.3 Å². The Hall–Kier alpha value is -1.30. The summed E-state index contributed by atoms with van der Waals surface area (Å²) < 4.78 is 5.52. The molecule has 0 spiro atoms. The Morgan fingerprint density at radius 2 is 2.06 bits per heavy atom. The number of aromatic amines is 1. The Balaban J connectivity index is 2.83. The lowest BCUT2D eigenvalue weighted by Gasteiger charge is -2.19. The second-order valence-corrected chi connectivity index (χ2v) is 5.43. The van der Waals surface area contributed by atoms with Crippen molar-refractivity contribution in [3.05, 3.63) is 26.5 Å². The summed E-state index contributed by atoms with van der Waals surface area (Å²) in [5.41, 5.74) is -0.134. The molecule has 0 aliphatic rings. The standard InChI is InChI=1S/C11H15BrN2O3/c1-6-5-7(13-9(15)8(6)12)14-10(16)17-11(2,3)4/h5H,1-4H3,(H2,13,14,15,16). The zero-order chi connectivity index (χ0) is 13.2. The molecule has 5 nitrogen and oxygen atoms in total. The topological polar surface area (TPSA) is 71.2 Å². The van der Waals surface area contributed by atoms with Crippen LogP contribution in [0.25, 0.3) is 0 Å². The second-order valence-electron chi connectivity index (χ2n) is 4.64. The quantitative estimate of drug-likeness (QED) is 0.838. The van der Waals surface area contributed by atoms with Crippen LogP contribution in [0.2, 0.25) is 0 Å². The summed E-state index contributed by atoms with van der Waals surface area (Å²) in [6.07, 6.45) is -0.602. The minimum atomic E-state index is -0.602. The van der Waals surface area contributed by atoms with Crippen LogP contribution >= 0.6 is 15.9 Å². The van der Waals surface area contributed by atoms with Gasteiger partial charge in [0.25, 0.3) is 5.56 Å². The Labute approximate surface area is 108 Å². The first kappa shape index (κ1) is 13.8. The van der Waals surface area contributed by atoms with Gasteiger partial charge in [-0.25, -0.2) is 4.79 Å². The van der Waals surface area contributed by atoms with Gasteiger partial charge in [0.1, 0.15) is 11.4 Å². The molecular formula is C11H15BrN2O3. The van der Waals surface area contributed by atoms with Gasteiger partial charge in [0.2, 0.25) is 0 Å². The van der Waals surface area contributed by atoms with Crippen LogP contribution in [0.4, 0.5) is 10.6 Å². The zero-order valence-corrected chi connectivity index (χ0v) is 11.8. The summed E-state index contributed by atoms with van der Waals surface area (Å²) >= 11 is 3.14. The molecule has 0 aliphatic heterocycles. The largest absolute Gasteiger partial charge is 0.444 e. The predicted molar refractivity (Wildman–Crippen MR) is 69.4 cm³/mol. The third kappa shape index (κ3) is 4.22. The van der Waals surface area contributed by atoms with E-state index in [1.807, 2.05) is 0 Å². The molecule has 1 heterocycles. The molecular weight excluding hydrogens is 288 g/mol. The lowest BCUT2D eigenvalue weighted by atomic mass is 10.2. The first-order chi connectivity index (χ1) is 7.69. The van der Waals surface area contributed by atoms with Gasteiger partial charge in [-0.15, -0.1) is 0 Å². The highest BCUT2D eigenvalue weighted by atomic mass is 79.9. The van der Waals surface area contributed by atoms with Crippen LogP contribution < -0.4 is 10.9 Å². The minimum Gasteiger partial charge on any atom is -0.444 e. The van der Waals surface area contributed by atoms with Crippen molar-refractivity contribution in [1.82, 2.24) is 4.98 Å². The van der Waals surface area contributed by atoms with Crippen LogP contribution in [0.3, 0.4) is 0 Å².